The van der Waals surface area contributed by atoms with Crippen molar-refractivity contribution in [2.75, 3.05) is 17.7 Å². The van der Waals surface area contributed by atoms with Gasteiger partial charge in [-0.25, -0.2) is 4.98 Å². The second-order valence-corrected chi connectivity index (χ2v) is 8.94. The van der Waals surface area contributed by atoms with Crippen LogP contribution >= 0.6 is 11.3 Å². The van der Waals surface area contributed by atoms with Crippen molar-refractivity contribution in [3.63, 3.8) is 0 Å². The number of hydrogen-bond acceptors (Lipinski definition) is 5. The first-order valence-electron chi connectivity index (χ1n) is 11.5. The zero-order valence-electron chi connectivity index (χ0n) is 19.5. The Morgan fingerprint density at radius 2 is 1.76 bits per heavy atom. The molecule has 4 aromatic rings. The minimum Gasteiger partial charge on any atom is -0.497 e. The quantitative estimate of drug-likeness (QED) is 0.234. The molecule has 2 N–H and O–H groups in total. The fraction of sp³-hybridized carbons (Fsp3) is 0.214. The molecule has 0 radical (unpaired) electrons. The van der Waals surface area contributed by atoms with Gasteiger partial charge in [-0.3, -0.25) is 4.79 Å². The second kappa shape index (κ2) is 11.5. The Labute approximate surface area is 204 Å². The van der Waals surface area contributed by atoms with Crippen LogP contribution in [0.2, 0.25) is 0 Å². The molecule has 4 rings (SSSR count). The molecule has 3 aromatic carbocycles. The topological polar surface area (TPSA) is 63.2 Å². The number of methoxy groups -OCH3 is 1. The van der Waals surface area contributed by atoms with Crippen molar-refractivity contribution in [3.8, 4) is 17.0 Å². The fourth-order valence-electron chi connectivity index (χ4n) is 3.62. The van der Waals surface area contributed by atoms with Crippen LogP contribution in [0.25, 0.3) is 11.3 Å². The highest BCUT2D eigenvalue weighted by molar-refractivity contribution is 7.14. The van der Waals surface area contributed by atoms with Crippen LogP contribution in [0.3, 0.4) is 0 Å². The average Bonchev–Trinajstić information content (AvgIpc) is 3.34. The first kappa shape index (κ1) is 23.5. The number of rotatable bonds is 10. The highest BCUT2D eigenvalue weighted by Gasteiger charge is 2.09. The minimum atomic E-state index is -0.114. The van der Waals surface area contributed by atoms with E-state index < -0.39 is 0 Å². The summed E-state index contributed by atoms with van der Waals surface area (Å²) < 4.78 is 5.20. The molecule has 1 amide bonds. The molecule has 1 aromatic heterocycles. The van der Waals surface area contributed by atoms with Gasteiger partial charge >= 0.3 is 0 Å². The summed E-state index contributed by atoms with van der Waals surface area (Å²) >= 11 is 1.53. The number of nitrogens with one attached hydrogen (secondary N) is 2. The van der Waals surface area contributed by atoms with E-state index in [0.29, 0.717) is 5.56 Å². The monoisotopic (exact) mass is 471 g/mol. The normalized spacial score (nSPS) is 10.6. The lowest BCUT2D eigenvalue weighted by molar-refractivity contribution is 0.102. The number of aryl methyl sites for hydroxylation is 1. The molecule has 0 aliphatic rings. The van der Waals surface area contributed by atoms with E-state index in [1.807, 2.05) is 78.2 Å². The van der Waals surface area contributed by atoms with Gasteiger partial charge in [0.2, 0.25) is 0 Å². The Hall–Kier alpha value is -3.64. The van der Waals surface area contributed by atoms with Gasteiger partial charge in [-0.05, 0) is 66.9 Å². The summed E-state index contributed by atoms with van der Waals surface area (Å²) in [7, 11) is 1.65. The number of aromatic nitrogens is 1. The molecule has 0 spiro atoms. The Morgan fingerprint density at radius 1 is 0.971 bits per heavy atom. The van der Waals surface area contributed by atoms with Gasteiger partial charge in [0, 0.05) is 27.9 Å². The van der Waals surface area contributed by atoms with Gasteiger partial charge in [-0.15, -0.1) is 11.3 Å². The van der Waals surface area contributed by atoms with Crippen molar-refractivity contribution in [2.24, 2.45) is 0 Å². The number of anilines is 3. The van der Waals surface area contributed by atoms with Crippen molar-refractivity contribution in [2.45, 2.75) is 32.6 Å². The third-order valence-electron chi connectivity index (χ3n) is 5.55. The SMILES string of the molecule is CCCCCc1ccc(C(=O)Nc2cccc(-c3csc(Nc4ccc(OC)cc4)n3)c2)cc1. The number of hydrogen-bond donors (Lipinski definition) is 2. The van der Waals surface area contributed by atoms with Crippen molar-refractivity contribution >= 4 is 33.8 Å². The zero-order valence-corrected chi connectivity index (χ0v) is 20.3. The second-order valence-electron chi connectivity index (χ2n) is 8.08. The molecule has 0 bridgehead atoms. The largest absolute Gasteiger partial charge is 0.497 e. The molecule has 0 atom stereocenters. The van der Waals surface area contributed by atoms with E-state index in [-0.39, 0.29) is 5.91 Å². The van der Waals surface area contributed by atoms with Gasteiger partial charge < -0.3 is 15.4 Å². The molecule has 0 aliphatic heterocycles. The van der Waals surface area contributed by atoms with E-state index in [9.17, 15) is 4.79 Å². The van der Waals surface area contributed by atoms with E-state index >= 15 is 0 Å². The van der Waals surface area contributed by atoms with Crippen LogP contribution in [-0.2, 0) is 6.42 Å². The van der Waals surface area contributed by atoms with Gasteiger partial charge in [0.1, 0.15) is 5.75 Å². The summed E-state index contributed by atoms with van der Waals surface area (Å²) in [5.41, 5.74) is 5.42. The van der Waals surface area contributed by atoms with Crippen LogP contribution < -0.4 is 15.4 Å². The van der Waals surface area contributed by atoms with E-state index in [4.69, 9.17) is 9.72 Å². The number of nitrogens with zero attached hydrogens (tertiary/aromatic N) is 1. The lowest BCUT2D eigenvalue weighted by Crippen LogP contribution is -2.11. The first-order valence-corrected chi connectivity index (χ1v) is 12.4. The minimum absolute atomic E-state index is 0.114. The maximum Gasteiger partial charge on any atom is 0.255 e. The number of thiazole rings is 1. The third kappa shape index (κ3) is 6.23. The maximum atomic E-state index is 12.7. The molecule has 6 heteroatoms. The number of carbonyl (C=O) groups is 1. The molecular formula is C28H29N3O2S. The van der Waals surface area contributed by atoms with Gasteiger partial charge in [0.25, 0.3) is 5.91 Å². The third-order valence-corrected chi connectivity index (χ3v) is 6.30. The summed E-state index contributed by atoms with van der Waals surface area (Å²) in [6, 6.07) is 23.4. The number of carbonyl (C=O) groups excluding carboxylic acids is 1. The van der Waals surface area contributed by atoms with Gasteiger partial charge in [-0.2, -0.15) is 0 Å². The summed E-state index contributed by atoms with van der Waals surface area (Å²) in [5.74, 6) is 0.699. The highest BCUT2D eigenvalue weighted by atomic mass is 32.1. The predicted octanol–water partition coefficient (Wildman–Crippen LogP) is 7.55. The smallest absolute Gasteiger partial charge is 0.255 e. The number of benzene rings is 3. The van der Waals surface area contributed by atoms with Crippen molar-refractivity contribution in [1.29, 1.82) is 0 Å². The van der Waals surface area contributed by atoms with Crippen LogP contribution in [0.4, 0.5) is 16.5 Å². The first-order chi connectivity index (χ1) is 16.6. The number of unbranched alkanes of at least 4 members (excludes halogenated alkanes) is 2. The number of ether oxygens (including phenoxy) is 1. The Balaban J connectivity index is 1.39. The standard InChI is InChI=1S/C28H29N3O2S/c1-3-4-5-7-20-10-12-21(13-11-20)27(32)29-24-9-6-8-22(18-24)26-19-34-28(31-26)30-23-14-16-25(33-2)17-15-23/h6,8-19H,3-5,7H2,1-2H3,(H,29,32)(H,30,31). The van der Waals surface area contributed by atoms with Gasteiger partial charge in [0.15, 0.2) is 5.13 Å². The Bertz CT molecular complexity index is 1220. The molecule has 0 fully saturated rings. The molecule has 174 valence electrons. The molecular weight excluding hydrogens is 442 g/mol. The molecule has 0 saturated carbocycles. The molecule has 34 heavy (non-hydrogen) atoms. The fourth-order valence-corrected chi connectivity index (χ4v) is 4.36. The van der Waals surface area contributed by atoms with Crippen LogP contribution in [0, 0.1) is 0 Å². The van der Waals surface area contributed by atoms with E-state index in [1.54, 1.807) is 7.11 Å². The van der Waals surface area contributed by atoms with Crippen LogP contribution in [0.1, 0.15) is 42.1 Å². The summed E-state index contributed by atoms with van der Waals surface area (Å²) in [4.78, 5) is 17.4. The van der Waals surface area contributed by atoms with Crippen LogP contribution in [0.5, 0.6) is 5.75 Å². The summed E-state index contributed by atoms with van der Waals surface area (Å²) in [5, 5.41) is 9.13. The maximum absolute atomic E-state index is 12.7. The Morgan fingerprint density at radius 3 is 2.50 bits per heavy atom. The van der Waals surface area contributed by atoms with Crippen molar-refractivity contribution < 1.29 is 9.53 Å². The van der Waals surface area contributed by atoms with Crippen LogP contribution in [-0.4, -0.2) is 18.0 Å². The highest BCUT2D eigenvalue weighted by Crippen LogP contribution is 2.29. The molecule has 0 aliphatic carbocycles. The molecule has 5 nitrogen and oxygen atoms in total. The lowest BCUT2D eigenvalue weighted by Gasteiger charge is -2.08. The van der Waals surface area contributed by atoms with Crippen molar-refractivity contribution in [3.05, 3.63) is 89.3 Å². The zero-order chi connectivity index (χ0) is 23.8. The van der Waals surface area contributed by atoms with E-state index in [1.165, 1.54) is 36.2 Å². The molecule has 1 heterocycles. The molecule has 0 saturated heterocycles. The van der Waals surface area contributed by atoms with E-state index in [0.717, 1.165) is 39.9 Å². The van der Waals surface area contributed by atoms with Gasteiger partial charge in [-0.1, -0.05) is 44.0 Å². The lowest BCUT2D eigenvalue weighted by atomic mass is 10.0. The summed E-state index contributed by atoms with van der Waals surface area (Å²) in [6.07, 6.45) is 4.68. The van der Waals surface area contributed by atoms with Gasteiger partial charge in [0.05, 0.1) is 12.8 Å². The summed E-state index contributed by atoms with van der Waals surface area (Å²) in [6.45, 7) is 2.20. The number of amides is 1. The van der Waals surface area contributed by atoms with E-state index in [2.05, 4.69) is 17.6 Å². The van der Waals surface area contributed by atoms with Crippen molar-refractivity contribution in [1.82, 2.24) is 4.98 Å². The predicted molar refractivity (Wildman–Crippen MR) is 141 cm³/mol. The Kier molecular flexibility index (Phi) is 7.94. The average molecular weight is 472 g/mol. The van der Waals surface area contributed by atoms with Crippen LogP contribution in [0.15, 0.2) is 78.2 Å². The molecule has 0 unspecified atom stereocenters.